The molecule has 0 saturated heterocycles. The predicted octanol–water partition coefficient (Wildman–Crippen LogP) is 2.09. The molecule has 12 nitrogen and oxygen atoms in total. The van der Waals surface area contributed by atoms with Crippen LogP contribution in [0.4, 0.5) is 11.5 Å². The van der Waals surface area contributed by atoms with Crippen molar-refractivity contribution >= 4 is 65.8 Å². The Bertz CT molecular complexity index is 1780. The van der Waals surface area contributed by atoms with Crippen LogP contribution in [-0.2, 0) is 26.5 Å². The van der Waals surface area contributed by atoms with Gasteiger partial charge in [-0.25, -0.2) is 31.6 Å². The summed E-state index contributed by atoms with van der Waals surface area (Å²) in [7, 11) is -4.11. The van der Waals surface area contributed by atoms with E-state index in [1.165, 1.54) is 4.68 Å². The van der Waals surface area contributed by atoms with E-state index in [1.54, 1.807) is 43.3 Å². The van der Waals surface area contributed by atoms with Gasteiger partial charge in [-0.15, -0.1) is 5.10 Å². The predicted molar refractivity (Wildman–Crippen MR) is 143 cm³/mol. The summed E-state index contributed by atoms with van der Waals surface area (Å²) in [6, 6.07) is 8.85. The molecule has 0 radical (unpaired) electrons. The number of rotatable bonds is 7. The van der Waals surface area contributed by atoms with Gasteiger partial charge in [0.2, 0.25) is 20.0 Å². The Morgan fingerprint density at radius 2 is 1.68 bits per heavy atom. The molecule has 0 spiro atoms. The molecule has 0 unspecified atom stereocenters. The van der Waals surface area contributed by atoms with Gasteiger partial charge in [0.05, 0.1) is 21.2 Å². The summed E-state index contributed by atoms with van der Waals surface area (Å²) in [6.45, 7) is 0. The van der Waals surface area contributed by atoms with Crippen LogP contribution in [0.5, 0.6) is 0 Å². The lowest BCUT2D eigenvalue weighted by molar-refractivity contribution is 0.597. The third kappa shape index (κ3) is 5.72. The standard InChI is InChI=1S/C21H21Cl2N7O5S2/c1-29(2)20-17-19(30(27-20)18-14(22)9-13(10-15(18)23)37(24,34)35)25-16(26-21(17)31)8-11-4-6-12(7-5-11)28-36(3,32)33/h4-7,9-10,28H,8H2,1-3H3,(H2,24,34,35)(H,25,26,31). The van der Waals surface area contributed by atoms with Gasteiger partial charge in [0, 0.05) is 26.2 Å². The molecule has 0 amide bonds. The van der Waals surface area contributed by atoms with Gasteiger partial charge < -0.3 is 9.88 Å². The summed E-state index contributed by atoms with van der Waals surface area (Å²) in [5, 5.41) is 9.72. The van der Waals surface area contributed by atoms with Crippen molar-refractivity contribution in [3.63, 3.8) is 0 Å². The smallest absolute Gasteiger partial charge is 0.264 e. The van der Waals surface area contributed by atoms with Crippen molar-refractivity contribution < 1.29 is 16.8 Å². The fourth-order valence-electron chi connectivity index (χ4n) is 3.61. The van der Waals surface area contributed by atoms with Crippen LogP contribution >= 0.6 is 23.2 Å². The van der Waals surface area contributed by atoms with Gasteiger partial charge in [-0.2, -0.15) is 0 Å². The highest BCUT2D eigenvalue weighted by atomic mass is 35.5. The second-order valence-electron chi connectivity index (χ2n) is 8.37. The highest BCUT2D eigenvalue weighted by molar-refractivity contribution is 7.92. The molecule has 4 rings (SSSR count). The number of nitrogens with one attached hydrogen (secondary N) is 2. The fourth-order valence-corrected chi connectivity index (χ4v) is 5.52. The molecule has 0 saturated carbocycles. The zero-order valence-corrected chi connectivity index (χ0v) is 22.8. The Morgan fingerprint density at radius 3 is 2.19 bits per heavy atom. The highest BCUT2D eigenvalue weighted by Gasteiger charge is 2.24. The molecule has 2 aromatic carbocycles. The Labute approximate surface area is 222 Å². The Kier molecular flexibility index (Phi) is 6.98. The number of hydrogen-bond acceptors (Lipinski definition) is 8. The molecule has 4 aromatic rings. The van der Waals surface area contributed by atoms with E-state index >= 15 is 0 Å². The van der Waals surface area contributed by atoms with E-state index in [-0.39, 0.29) is 43.9 Å². The third-order valence-electron chi connectivity index (χ3n) is 5.15. The molecule has 0 bridgehead atoms. The number of sulfonamides is 2. The second-order valence-corrected chi connectivity index (χ2v) is 12.5. The number of H-pyrrole nitrogens is 1. The van der Waals surface area contributed by atoms with Gasteiger partial charge in [0.1, 0.15) is 16.9 Å². The number of hydrogen-bond donors (Lipinski definition) is 3. The summed E-state index contributed by atoms with van der Waals surface area (Å²) in [6.07, 6.45) is 1.26. The molecular weight excluding hydrogens is 565 g/mol. The normalized spacial score (nSPS) is 12.2. The number of benzene rings is 2. The van der Waals surface area contributed by atoms with Crippen LogP contribution in [0.1, 0.15) is 11.4 Å². The Hall–Kier alpha value is -3.17. The first kappa shape index (κ1) is 26.9. The topological polar surface area (TPSA) is 173 Å². The van der Waals surface area contributed by atoms with E-state index in [9.17, 15) is 21.6 Å². The summed E-state index contributed by atoms with van der Waals surface area (Å²) < 4.78 is 50.1. The molecule has 0 fully saturated rings. The summed E-state index contributed by atoms with van der Waals surface area (Å²) in [5.41, 5.74) is 0.941. The molecule has 2 aromatic heterocycles. The minimum atomic E-state index is -4.07. The van der Waals surface area contributed by atoms with E-state index in [1.807, 2.05) is 0 Å². The second kappa shape index (κ2) is 9.61. The first-order valence-electron chi connectivity index (χ1n) is 10.4. The van der Waals surface area contributed by atoms with Gasteiger partial charge in [-0.05, 0) is 29.8 Å². The molecule has 0 aliphatic heterocycles. The quantitative estimate of drug-likeness (QED) is 0.295. The van der Waals surface area contributed by atoms with E-state index in [0.29, 0.717) is 11.5 Å². The van der Waals surface area contributed by atoms with E-state index in [4.69, 9.17) is 28.3 Å². The van der Waals surface area contributed by atoms with Crippen molar-refractivity contribution in [3.8, 4) is 5.69 Å². The Morgan fingerprint density at radius 1 is 1.08 bits per heavy atom. The number of anilines is 2. The average Bonchev–Trinajstić information content (AvgIpc) is 3.13. The molecule has 0 aliphatic rings. The number of aromatic amines is 1. The van der Waals surface area contributed by atoms with Crippen LogP contribution in [-0.4, -0.2) is 56.9 Å². The molecule has 0 aliphatic carbocycles. The van der Waals surface area contributed by atoms with Gasteiger partial charge in [0.15, 0.2) is 11.5 Å². The van der Waals surface area contributed by atoms with Gasteiger partial charge in [-0.1, -0.05) is 35.3 Å². The zero-order chi connectivity index (χ0) is 27.3. The average molecular weight is 586 g/mol. The minimum Gasteiger partial charge on any atom is -0.361 e. The Balaban J connectivity index is 1.85. The maximum absolute atomic E-state index is 13.1. The molecule has 37 heavy (non-hydrogen) atoms. The van der Waals surface area contributed by atoms with Crippen LogP contribution < -0.4 is 20.3 Å². The van der Waals surface area contributed by atoms with Crippen molar-refractivity contribution in [2.24, 2.45) is 5.14 Å². The van der Waals surface area contributed by atoms with Crippen LogP contribution in [0.2, 0.25) is 10.0 Å². The molecular formula is C21H21Cl2N7O5S2. The maximum Gasteiger partial charge on any atom is 0.264 e. The number of aromatic nitrogens is 4. The molecule has 0 atom stereocenters. The van der Waals surface area contributed by atoms with E-state index in [2.05, 4.69) is 19.8 Å². The van der Waals surface area contributed by atoms with Gasteiger partial charge >= 0.3 is 0 Å². The van der Waals surface area contributed by atoms with E-state index in [0.717, 1.165) is 24.0 Å². The van der Waals surface area contributed by atoms with Crippen molar-refractivity contribution in [1.29, 1.82) is 0 Å². The number of nitrogens with zero attached hydrogens (tertiary/aromatic N) is 4. The fraction of sp³-hybridized carbons (Fsp3) is 0.190. The van der Waals surface area contributed by atoms with Gasteiger partial charge in [-0.3, -0.25) is 9.52 Å². The minimum absolute atomic E-state index is 0.0659. The zero-order valence-electron chi connectivity index (χ0n) is 19.7. The van der Waals surface area contributed by atoms with Crippen LogP contribution in [0.3, 0.4) is 0 Å². The van der Waals surface area contributed by atoms with Crippen LogP contribution in [0.15, 0.2) is 46.1 Å². The number of fused-ring (bicyclic) bond motifs is 1. The molecule has 2 heterocycles. The van der Waals surface area contributed by atoms with E-state index < -0.39 is 25.6 Å². The number of nitrogens with two attached hydrogens (primary N) is 1. The molecule has 4 N–H and O–H groups in total. The lowest BCUT2D eigenvalue weighted by Crippen LogP contribution is -2.16. The summed E-state index contributed by atoms with van der Waals surface area (Å²) in [5.74, 6) is 0.579. The summed E-state index contributed by atoms with van der Waals surface area (Å²) in [4.78, 5) is 21.8. The SMILES string of the molecule is CN(C)c1nn(-c2c(Cl)cc(S(N)(=O)=O)cc2Cl)c2nc(Cc3ccc(NS(C)(=O)=O)cc3)[nH]c(=O)c12. The monoisotopic (exact) mass is 585 g/mol. The summed E-state index contributed by atoms with van der Waals surface area (Å²) >= 11 is 12.8. The molecule has 196 valence electrons. The van der Waals surface area contributed by atoms with Crippen molar-refractivity contribution in [2.75, 3.05) is 30.0 Å². The first-order valence-corrected chi connectivity index (χ1v) is 14.6. The third-order valence-corrected chi connectivity index (χ3v) is 7.23. The lowest BCUT2D eigenvalue weighted by atomic mass is 10.1. The van der Waals surface area contributed by atoms with Crippen molar-refractivity contribution in [3.05, 3.63) is 68.2 Å². The van der Waals surface area contributed by atoms with Crippen LogP contribution in [0.25, 0.3) is 16.7 Å². The van der Waals surface area contributed by atoms with Crippen LogP contribution in [0, 0.1) is 0 Å². The first-order chi connectivity index (χ1) is 17.1. The number of halogens is 2. The van der Waals surface area contributed by atoms with Crippen molar-refractivity contribution in [2.45, 2.75) is 11.3 Å². The molecule has 16 heteroatoms. The largest absolute Gasteiger partial charge is 0.361 e. The highest BCUT2D eigenvalue weighted by Crippen LogP contribution is 2.34. The van der Waals surface area contributed by atoms with Crippen molar-refractivity contribution in [1.82, 2.24) is 19.7 Å². The maximum atomic E-state index is 13.1. The number of primary sulfonamides is 1. The van der Waals surface area contributed by atoms with Gasteiger partial charge in [0.25, 0.3) is 5.56 Å². The lowest BCUT2D eigenvalue weighted by Gasteiger charge is -2.11.